The fourth-order valence-electron chi connectivity index (χ4n) is 7.06. The summed E-state index contributed by atoms with van der Waals surface area (Å²) in [7, 11) is 0. The summed E-state index contributed by atoms with van der Waals surface area (Å²) >= 11 is 0. The van der Waals surface area contributed by atoms with Gasteiger partial charge in [0.2, 0.25) is 0 Å². The van der Waals surface area contributed by atoms with Crippen molar-refractivity contribution in [3.63, 3.8) is 0 Å². The standard InChI is InChI=1S/C57H96O6/c1-4-7-10-13-16-19-22-25-27-28-29-30-31-33-35-38-41-44-47-50-56(59)62-53-54(52-61-55(58)49-46-43-40-37-34-24-21-18-15-12-9-6-3)63-57(60)51-48-45-42-39-36-32-26-23-20-17-14-11-8-5-2/h7-12,16-21,25,27,54H,4-6,13-15,22-24,26,28-53H2,1-3H3/b10-7-,11-8-,12-9-,19-16-,20-17-,21-18-,27-25-. The molecule has 0 amide bonds. The number of esters is 3. The lowest BCUT2D eigenvalue weighted by Gasteiger charge is -2.18. The van der Waals surface area contributed by atoms with Gasteiger partial charge in [-0.2, -0.15) is 0 Å². The molecule has 0 aromatic rings. The average molecular weight is 877 g/mol. The maximum atomic E-state index is 12.8. The van der Waals surface area contributed by atoms with Crippen LogP contribution >= 0.6 is 0 Å². The molecule has 0 saturated carbocycles. The van der Waals surface area contributed by atoms with E-state index in [-0.39, 0.29) is 31.1 Å². The number of ether oxygens (including phenoxy) is 3. The fourth-order valence-corrected chi connectivity index (χ4v) is 7.06. The number of unbranched alkanes of at least 4 members (excludes halogenated alkanes) is 21. The van der Waals surface area contributed by atoms with Crippen LogP contribution in [0.25, 0.3) is 0 Å². The van der Waals surface area contributed by atoms with Gasteiger partial charge in [0.15, 0.2) is 6.10 Å². The predicted molar refractivity (Wildman–Crippen MR) is 270 cm³/mol. The lowest BCUT2D eigenvalue weighted by atomic mass is 10.1. The molecule has 0 aliphatic carbocycles. The molecule has 0 heterocycles. The molecular weight excluding hydrogens is 781 g/mol. The maximum absolute atomic E-state index is 12.8. The Labute approximate surface area is 388 Å². The van der Waals surface area contributed by atoms with E-state index in [0.29, 0.717) is 19.3 Å². The molecule has 0 bridgehead atoms. The van der Waals surface area contributed by atoms with Gasteiger partial charge in [-0.15, -0.1) is 0 Å². The van der Waals surface area contributed by atoms with Gasteiger partial charge in [-0.1, -0.05) is 202 Å². The second-order valence-electron chi connectivity index (χ2n) is 17.0. The van der Waals surface area contributed by atoms with Crippen molar-refractivity contribution in [1.29, 1.82) is 0 Å². The molecule has 360 valence electrons. The van der Waals surface area contributed by atoms with Gasteiger partial charge in [-0.05, 0) is 103 Å². The molecule has 1 unspecified atom stereocenters. The number of carbonyl (C=O) groups is 3. The van der Waals surface area contributed by atoms with Crippen LogP contribution < -0.4 is 0 Å². The number of hydrogen-bond acceptors (Lipinski definition) is 6. The molecule has 63 heavy (non-hydrogen) atoms. The summed E-state index contributed by atoms with van der Waals surface area (Å²) in [5, 5.41) is 0. The Balaban J connectivity index is 4.37. The van der Waals surface area contributed by atoms with E-state index in [9.17, 15) is 14.4 Å². The van der Waals surface area contributed by atoms with Crippen LogP contribution in [0.15, 0.2) is 85.1 Å². The SMILES string of the molecule is CC/C=C\C/C=C\C/C=C\CCCCCCCCCCCC(=O)OCC(COC(=O)CCCCCCC/C=C\C/C=C\CC)OC(=O)CCCCCCCCC/C=C\C/C=C\CC. The van der Waals surface area contributed by atoms with Gasteiger partial charge in [0.1, 0.15) is 13.2 Å². The van der Waals surface area contributed by atoms with Crippen LogP contribution in [0, 0.1) is 0 Å². The summed E-state index contributed by atoms with van der Waals surface area (Å²) in [5.41, 5.74) is 0. The Morgan fingerprint density at radius 2 is 0.571 bits per heavy atom. The average Bonchev–Trinajstić information content (AvgIpc) is 3.28. The third-order valence-electron chi connectivity index (χ3n) is 10.9. The fraction of sp³-hybridized carbons (Fsp3) is 0.702. The maximum Gasteiger partial charge on any atom is 0.306 e. The van der Waals surface area contributed by atoms with E-state index in [2.05, 4.69) is 106 Å². The van der Waals surface area contributed by atoms with Gasteiger partial charge >= 0.3 is 17.9 Å². The molecule has 0 aliphatic rings. The molecule has 0 fully saturated rings. The summed E-state index contributed by atoms with van der Waals surface area (Å²) in [6.45, 7) is 6.29. The number of rotatable bonds is 46. The third kappa shape index (κ3) is 49.5. The first-order valence-corrected chi connectivity index (χ1v) is 26.1. The predicted octanol–water partition coefficient (Wildman–Crippen LogP) is 17.2. The summed E-state index contributed by atoms with van der Waals surface area (Å²) < 4.78 is 16.8. The summed E-state index contributed by atoms with van der Waals surface area (Å²) in [6, 6.07) is 0. The lowest BCUT2D eigenvalue weighted by Crippen LogP contribution is -2.30. The molecule has 0 radical (unpaired) electrons. The minimum Gasteiger partial charge on any atom is -0.462 e. The Bertz CT molecular complexity index is 1240. The number of carbonyl (C=O) groups excluding carboxylic acids is 3. The van der Waals surface area contributed by atoms with E-state index in [1.165, 1.54) is 70.6 Å². The lowest BCUT2D eigenvalue weighted by molar-refractivity contribution is -0.167. The van der Waals surface area contributed by atoms with Crippen LogP contribution in [-0.2, 0) is 28.6 Å². The molecule has 0 saturated heterocycles. The first kappa shape index (κ1) is 59.6. The summed E-state index contributed by atoms with van der Waals surface area (Å²) in [6.07, 6.45) is 65.7. The summed E-state index contributed by atoms with van der Waals surface area (Å²) in [5.74, 6) is -0.917. The highest BCUT2D eigenvalue weighted by Gasteiger charge is 2.19. The van der Waals surface area contributed by atoms with E-state index in [1.54, 1.807) is 0 Å². The van der Waals surface area contributed by atoms with E-state index >= 15 is 0 Å². The number of hydrogen-bond donors (Lipinski definition) is 0. The molecule has 6 nitrogen and oxygen atoms in total. The topological polar surface area (TPSA) is 78.9 Å². The van der Waals surface area contributed by atoms with E-state index in [4.69, 9.17) is 14.2 Å². The van der Waals surface area contributed by atoms with Crippen molar-refractivity contribution in [3.8, 4) is 0 Å². The highest BCUT2D eigenvalue weighted by Crippen LogP contribution is 2.15. The monoisotopic (exact) mass is 877 g/mol. The second-order valence-corrected chi connectivity index (χ2v) is 17.0. The zero-order valence-corrected chi connectivity index (χ0v) is 41.1. The second kappa shape index (κ2) is 51.2. The van der Waals surface area contributed by atoms with Gasteiger partial charge in [0.25, 0.3) is 0 Å². The van der Waals surface area contributed by atoms with Crippen LogP contribution in [0.5, 0.6) is 0 Å². The van der Waals surface area contributed by atoms with Crippen molar-refractivity contribution >= 4 is 17.9 Å². The molecular formula is C57H96O6. The van der Waals surface area contributed by atoms with Crippen LogP contribution in [0.2, 0.25) is 0 Å². The molecule has 0 aromatic carbocycles. The molecule has 0 aliphatic heterocycles. The van der Waals surface area contributed by atoms with Crippen molar-refractivity contribution in [1.82, 2.24) is 0 Å². The number of allylic oxidation sites excluding steroid dienone is 14. The minimum atomic E-state index is -0.788. The first-order valence-electron chi connectivity index (χ1n) is 26.1. The van der Waals surface area contributed by atoms with Gasteiger partial charge in [-0.25, -0.2) is 0 Å². The van der Waals surface area contributed by atoms with Crippen molar-refractivity contribution in [2.24, 2.45) is 0 Å². The van der Waals surface area contributed by atoms with Crippen LogP contribution in [0.1, 0.15) is 239 Å². The van der Waals surface area contributed by atoms with Crippen molar-refractivity contribution in [2.45, 2.75) is 245 Å². The van der Waals surface area contributed by atoms with E-state index in [0.717, 1.165) is 128 Å². The largest absolute Gasteiger partial charge is 0.462 e. The molecule has 1 atom stereocenters. The quantitative estimate of drug-likeness (QED) is 0.0262. The van der Waals surface area contributed by atoms with Crippen LogP contribution in [0.4, 0.5) is 0 Å². The normalized spacial score (nSPS) is 12.7. The van der Waals surface area contributed by atoms with Gasteiger partial charge in [0, 0.05) is 19.3 Å². The molecule has 0 spiro atoms. The van der Waals surface area contributed by atoms with Crippen molar-refractivity contribution < 1.29 is 28.6 Å². The van der Waals surface area contributed by atoms with Crippen LogP contribution in [0.3, 0.4) is 0 Å². The van der Waals surface area contributed by atoms with Gasteiger partial charge in [0.05, 0.1) is 0 Å². The Morgan fingerprint density at radius 1 is 0.317 bits per heavy atom. The molecule has 0 rings (SSSR count). The molecule has 0 N–H and O–H groups in total. The third-order valence-corrected chi connectivity index (χ3v) is 10.9. The zero-order chi connectivity index (χ0) is 45.8. The Hall–Kier alpha value is -3.41. The van der Waals surface area contributed by atoms with Crippen molar-refractivity contribution in [2.75, 3.05) is 13.2 Å². The van der Waals surface area contributed by atoms with Crippen molar-refractivity contribution in [3.05, 3.63) is 85.1 Å². The van der Waals surface area contributed by atoms with E-state index in [1.807, 2.05) is 0 Å². The van der Waals surface area contributed by atoms with E-state index < -0.39 is 6.10 Å². The summed E-state index contributed by atoms with van der Waals surface area (Å²) in [4.78, 5) is 38.0. The Kier molecular flexibility index (Phi) is 48.5. The molecule has 6 heteroatoms. The van der Waals surface area contributed by atoms with Gasteiger partial charge < -0.3 is 14.2 Å². The van der Waals surface area contributed by atoms with Gasteiger partial charge in [-0.3, -0.25) is 14.4 Å². The first-order chi connectivity index (χ1) is 31.0. The minimum absolute atomic E-state index is 0.0877. The Morgan fingerprint density at radius 3 is 0.889 bits per heavy atom. The highest BCUT2D eigenvalue weighted by molar-refractivity contribution is 5.71. The smallest absolute Gasteiger partial charge is 0.306 e. The zero-order valence-electron chi connectivity index (χ0n) is 41.1. The highest BCUT2D eigenvalue weighted by atomic mass is 16.6. The molecule has 0 aromatic heterocycles. The van der Waals surface area contributed by atoms with Crippen LogP contribution in [-0.4, -0.2) is 37.2 Å².